The maximum absolute atomic E-state index is 12.9. The number of carbonyl (C=O) groups excluding carboxylic acids is 3. The van der Waals surface area contributed by atoms with Gasteiger partial charge in [-0.1, -0.05) is 292 Å². The average Bonchev–Trinajstić information content (AvgIpc) is 3.43. The summed E-state index contributed by atoms with van der Waals surface area (Å²) in [4.78, 5) is 38.2. The molecule has 0 saturated carbocycles. The second-order valence-electron chi connectivity index (χ2n) is 22.0. The lowest BCUT2D eigenvalue weighted by Gasteiger charge is -2.18. The largest absolute Gasteiger partial charge is 0.462 e. The third kappa shape index (κ3) is 63.3. The molecule has 0 aromatic heterocycles. The maximum Gasteiger partial charge on any atom is 0.306 e. The fourth-order valence-corrected chi connectivity index (χ4v) is 9.43. The van der Waals surface area contributed by atoms with Crippen LogP contribution in [0, 0.1) is 0 Å². The molecule has 0 fully saturated rings. The van der Waals surface area contributed by atoms with E-state index in [1.165, 1.54) is 193 Å². The lowest BCUT2D eigenvalue weighted by molar-refractivity contribution is -0.166. The molecule has 1 atom stereocenters. The smallest absolute Gasteiger partial charge is 0.306 e. The van der Waals surface area contributed by atoms with E-state index in [9.17, 15) is 14.4 Å². The van der Waals surface area contributed by atoms with Crippen LogP contribution in [0.3, 0.4) is 0 Å². The molecule has 0 spiro atoms. The molecule has 6 nitrogen and oxygen atoms in total. The molecule has 0 saturated heterocycles. The molecule has 0 amide bonds. The Morgan fingerprint density at radius 3 is 0.909 bits per heavy atom. The summed E-state index contributed by atoms with van der Waals surface area (Å²) in [5, 5.41) is 0. The molecule has 1 unspecified atom stereocenters. The van der Waals surface area contributed by atoms with E-state index >= 15 is 0 Å². The van der Waals surface area contributed by atoms with E-state index in [0.29, 0.717) is 19.3 Å². The van der Waals surface area contributed by atoms with E-state index in [1.807, 2.05) is 6.08 Å². The standard InChI is InChI=1S/C71H124O6/c1-4-7-10-13-16-19-22-25-27-28-29-30-31-32-33-34-35-36-37-38-39-40-41-42-44-46-49-52-55-58-61-64-70(73)76-67-68(66-75-69(72)63-60-57-54-51-48-45-24-21-18-15-12-9-6-3)77-71(74)65-62-59-56-53-50-47-43-26-23-20-17-14-11-8-5-2/h9,12,17-18,20-21,26,28-29,43,45,48,54,57,68H,4-8,10-11,13-16,19,22-25,27,30-42,44,46-47,49-53,55-56,58-67H2,1-3H3/b12-9-,20-17-,21-18-,29-28-,43-26-,48-45-,57-54-. The molecule has 0 radical (unpaired) electrons. The van der Waals surface area contributed by atoms with Crippen LogP contribution in [0.4, 0.5) is 0 Å². The number of allylic oxidation sites excluding steroid dienone is 14. The summed E-state index contributed by atoms with van der Waals surface area (Å²) in [5.41, 5.74) is 0. The van der Waals surface area contributed by atoms with Gasteiger partial charge < -0.3 is 14.2 Å². The Morgan fingerprint density at radius 1 is 0.273 bits per heavy atom. The molecular formula is C71H124O6. The predicted octanol–water partition coefficient (Wildman–Crippen LogP) is 22.7. The van der Waals surface area contributed by atoms with Crippen LogP contribution in [0.5, 0.6) is 0 Å². The number of ether oxygens (including phenoxy) is 3. The first-order chi connectivity index (χ1) is 38.0. The van der Waals surface area contributed by atoms with Crippen molar-refractivity contribution in [1.29, 1.82) is 0 Å². The molecule has 77 heavy (non-hydrogen) atoms. The van der Waals surface area contributed by atoms with Gasteiger partial charge in [0.2, 0.25) is 0 Å². The fourth-order valence-electron chi connectivity index (χ4n) is 9.43. The van der Waals surface area contributed by atoms with Crippen LogP contribution in [-0.2, 0) is 28.6 Å². The van der Waals surface area contributed by atoms with Crippen LogP contribution < -0.4 is 0 Å². The van der Waals surface area contributed by atoms with Gasteiger partial charge in [-0.3, -0.25) is 14.4 Å². The SMILES string of the molecule is CC/C=C\C/C=C\C/C=C\C/C=C\CCC(=O)OCC(COC(=O)CCCCCCCCCCCCCCCCCCCCC/C=C\CCCCCCCCCC)OC(=O)CCCCCCC/C=C\C/C=C\CCCCC. The number of hydrogen-bond acceptors (Lipinski definition) is 6. The molecule has 0 aromatic rings. The highest BCUT2D eigenvalue weighted by Gasteiger charge is 2.19. The lowest BCUT2D eigenvalue weighted by atomic mass is 10.0. The van der Waals surface area contributed by atoms with Gasteiger partial charge in [0.05, 0.1) is 0 Å². The molecule has 0 aliphatic rings. The normalized spacial score (nSPS) is 12.6. The van der Waals surface area contributed by atoms with Crippen molar-refractivity contribution in [3.63, 3.8) is 0 Å². The van der Waals surface area contributed by atoms with Crippen LogP contribution >= 0.6 is 0 Å². The van der Waals surface area contributed by atoms with Crippen molar-refractivity contribution >= 4 is 17.9 Å². The van der Waals surface area contributed by atoms with E-state index in [2.05, 4.69) is 99.8 Å². The number of carbonyl (C=O) groups is 3. The highest BCUT2D eigenvalue weighted by Crippen LogP contribution is 2.17. The Bertz CT molecular complexity index is 1470. The summed E-state index contributed by atoms with van der Waals surface area (Å²) in [6.07, 6.45) is 86.4. The Kier molecular flexibility index (Phi) is 62.2. The van der Waals surface area contributed by atoms with Gasteiger partial charge in [-0.05, 0) is 103 Å². The van der Waals surface area contributed by atoms with Crippen LogP contribution in [0.15, 0.2) is 85.1 Å². The van der Waals surface area contributed by atoms with Gasteiger partial charge in [-0.2, -0.15) is 0 Å². The Morgan fingerprint density at radius 2 is 0.532 bits per heavy atom. The third-order valence-electron chi connectivity index (χ3n) is 14.4. The van der Waals surface area contributed by atoms with E-state index in [4.69, 9.17) is 14.2 Å². The van der Waals surface area contributed by atoms with Crippen molar-refractivity contribution in [3.05, 3.63) is 85.1 Å². The zero-order valence-corrected chi connectivity index (χ0v) is 51.0. The highest BCUT2D eigenvalue weighted by molar-refractivity contribution is 5.71. The highest BCUT2D eigenvalue weighted by atomic mass is 16.6. The number of hydrogen-bond donors (Lipinski definition) is 0. The van der Waals surface area contributed by atoms with E-state index < -0.39 is 6.10 Å². The molecule has 0 bridgehead atoms. The number of unbranched alkanes of at least 4 members (excludes halogenated alkanes) is 35. The van der Waals surface area contributed by atoms with Gasteiger partial charge in [0, 0.05) is 19.3 Å². The minimum absolute atomic E-state index is 0.102. The van der Waals surface area contributed by atoms with E-state index in [1.54, 1.807) is 0 Å². The van der Waals surface area contributed by atoms with Crippen molar-refractivity contribution in [2.75, 3.05) is 13.2 Å². The summed E-state index contributed by atoms with van der Waals surface area (Å²) in [6, 6.07) is 0. The second-order valence-corrected chi connectivity index (χ2v) is 22.0. The van der Waals surface area contributed by atoms with Crippen molar-refractivity contribution in [2.45, 2.75) is 335 Å². The minimum Gasteiger partial charge on any atom is -0.462 e. The summed E-state index contributed by atoms with van der Waals surface area (Å²) in [5.74, 6) is -0.991. The summed E-state index contributed by atoms with van der Waals surface area (Å²) < 4.78 is 16.8. The first-order valence-electron chi connectivity index (χ1n) is 33.1. The van der Waals surface area contributed by atoms with Gasteiger partial charge in [-0.25, -0.2) is 0 Å². The average molecular weight is 1070 g/mol. The molecular weight excluding hydrogens is 949 g/mol. The Balaban J connectivity index is 4.19. The molecule has 0 N–H and O–H groups in total. The molecule has 0 aliphatic heterocycles. The van der Waals surface area contributed by atoms with Crippen LogP contribution in [0.25, 0.3) is 0 Å². The monoisotopic (exact) mass is 1070 g/mol. The van der Waals surface area contributed by atoms with Crippen molar-refractivity contribution in [2.24, 2.45) is 0 Å². The Labute approximate surface area is 477 Å². The van der Waals surface area contributed by atoms with Crippen LogP contribution in [-0.4, -0.2) is 37.2 Å². The first kappa shape index (κ1) is 73.6. The predicted molar refractivity (Wildman–Crippen MR) is 334 cm³/mol. The third-order valence-corrected chi connectivity index (χ3v) is 14.4. The van der Waals surface area contributed by atoms with Gasteiger partial charge in [-0.15, -0.1) is 0 Å². The van der Waals surface area contributed by atoms with Crippen molar-refractivity contribution in [1.82, 2.24) is 0 Å². The molecule has 0 heterocycles. The van der Waals surface area contributed by atoms with Crippen LogP contribution in [0.2, 0.25) is 0 Å². The summed E-state index contributed by atoms with van der Waals surface area (Å²) in [7, 11) is 0. The van der Waals surface area contributed by atoms with Crippen molar-refractivity contribution in [3.8, 4) is 0 Å². The lowest BCUT2D eigenvalue weighted by Crippen LogP contribution is -2.30. The van der Waals surface area contributed by atoms with Gasteiger partial charge in [0.15, 0.2) is 6.10 Å². The Hall–Kier alpha value is -3.41. The molecule has 444 valence electrons. The fraction of sp³-hybridized carbons (Fsp3) is 0.761. The second kappa shape index (κ2) is 65.1. The topological polar surface area (TPSA) is 78.9 Å². The van der Waals surface area contributed by atoms with Gasteiger partial charge in [0.1, 0.15) is 13.2 Å². The summed E-state index contributed by atoms with van der Waals surface area (Å²) >= 11 is 0. The van der Waals surface area contributed by atoms with E-state index in [0.717, 1.165) is 89.9 Å². The molecule has 0 aliphatic carbocycles. The maximum atomic E-state index is 12.9. The van der Waals surface area contributed by atoms with Crippen molar-refractivity contribution < 1.29 is 28.6 Å². The zero-order chi connectivity index (χ0) is 55.7. The first-order valence-corrected chi connectivity index (χ1v) is 33.1. The number of esters is 3. The van der Waals surface area contributed by atoms with Crippen LogP contribution in [0.1, 0.15) is 329 Å². The minimum atomic E-state index is -0.812. The quantitative estimate of drug-likeness (QED) is 0.0261. The molecule has 6 heteroatoms. The molecule has 0 rings (SSSR count). The summed E-state index contributed by atoms with van der Waals surface area (Å²) in [6.45, 7) is 6.45. The zero-order valence-electron chi connectivity index (χ0n) is 51.0. The van der Waals surface area contributed by atoms with Gasteiger partial charge in [0.25, 0.3) is 0 Å². The van der Waals surface area contributed by atoms with Gasteiger partial charge >= 0.3 is 17.9 Å². The number of rotatable bonds is 60. The molecule has 0 aromatic carbocycles. The van der Waals surface area contributed by atoms with E-state index in [-0.39, 0.29) is 37.5 Å².